The average Bonchev–Trinajstić information content (AvgIpc) is 2.16. The lowest BCUT2D eigenvalue weighted by molar-refractivity contribution is -0.119. The maximum absolute atomic E-state index is 10.7. The van der Waals surface area contributed by atoms with Crippen LogP contribution in [-0.2, 0) is 4.79 Å². The van der Waals surface area contributed by atoms with Crippen LogP contribution in [0.4, 0.5) is 5.69 Å². The lowest BCUT2D eigenvalue weighted by Crippen LogP contribution is -2.35. The molecule has 0 atom stereocenters. The summed E-state index contributed by atoms with van der Waals surface area (Å²) in [5.41, 5.74) is 2.92. The van der Waals surface area contributed by atoms with E-state index in [0.717, 1.165) is 10.2 Å². The Morgan fingerprint density at radius 1 is 1.38 bits per heavy atom. The molecule has 0 radical (unpaired) electrons. The standard InChI is InChI=1S/C8H10BrN3O/c9-6-1-3-7(4-2-6)11-5-8(13)12-10/h1-4,11H,5,10H2,(H,12,13). The highest BCUT2D eigenvalue weighted by atomic mass is 79.9. The number of nitrogens with one attached hydrogen (secondary N) is 2. The fourth-order valence-electron chi connectivity index (χ4n) is 0.801. The van der Waals surface area contributed by atoms with E-state index in [1.807, 2.05) is 29.7 Å². The van der Waals surface area contributed by atoms with Gasteiger partial charge in [0, 0.05) is 10.2 Å². The first-order chi connectivity index (χ1) is 6.22. The number of hydrogen-bond acceptors (Lipinski definition) is 3. The second-order valence-electron chi connectivity index (χ2n) is 2.43. The largest absolute Gasteiger partial charge is 0.376 e. The van der Waals surface area contributed by atoms with E-state index in [1.165, 1.54) is 0 Å². The zero-order chi connectivity index (χ0) is 9.68. The summed E-state index contributed by atoms with van der Waals surface area (Å²) in [6, 6.07) is 7.52. The normalized spacial score (nSPS) is 9.38. The fraction of sp³-hybridized carbons (Fsp3) is 0.125. The number of hydrazine groups is 1. The van der Waals surface area contributed by atoms with Crippen molar-refractivity contribution in [1.82, 2.24) is 5.43 Å². The highest BCUT2D eigenvalue weighted by molar-refractivity contribution is 9.10. The first kappa shape index (κ1) is 10.0. The molecule has 1 amide bonds. The molecule has 0 aliphatic rings. The van der Waals surface area contributed by atoms with Gasteiger partial charge in [0.05, 0.1) is 6.54 Å². The molecule has 70 valence electrons. The lowest BCUT2D eigenvalue weighted by atomic mass is 10.3. The van der Waals surface area contributed by atoms with Gasteiger partial charge in [-0.3, -0.25) is 10.2 Å². The molecule has 1 aromatic rings. The summed E-state index contributed by atoms with van der Waals surface area (Å²) in [4.78, 5) is 10.7. The predicted molar refractivity (Wildman–Crippen MR) is 55.0 cm³/mol. The minimum absolute atomic E-state index is 0.179. The maximum Gasteiger partial charge on any atom is 0.253 e. The van der Waals surface area contributed by atoms with Gasteiger partial charge in [-0.2, -0.15) is 0 Å². The molecule has 1 aromatic carbocycles. The molecule has 0 aliphatic heterocycles. The number of benzene rings is 1. The molecule has 13 heavy (non-hydrogen) atoms. The highest BCUT2D eigenvalue weighted by Crippen LogP contribution is 2.13. The van der Waals surface area contributed by atoms with Crippen molar-refractivity contribution in [3.05, 3.63) is 28.7 Å². The van der Waals surface area contributed by atoms with Crippen molar-refractivity contribution in [2.75, 3.05) is 11.9 Å². The summed E-state index contributed by atoms with van der Waals surface area (Å²) in [7, 11) is 0. The van der Waals surface area contributed by atoms with Crippen molar-refractivity contribution in [3.63, 3.8) is 0 Å². The molecule has 0 spiro atoms. The molecular formula is C8H10BrN3O. The summed E-state index contributed by atoms with van der Waals surface area (Å²) >= 11 is 3.31. The Balaban J connectivity index is 2.46. The smallest absolute Gasteiger partial charge is 0.253 e. The Hall–Kier alpha value is -1.07. The molecule has 1 rings (SSSR count). The summed E-state index contributed by atoms with van der Waals surface area (Å²) in [5.74, 6) is 4.67. The van der Waals surface area contributed by atoms with E-state index in [4.69, 9.17) is 5.84 Å². The maximum atomic E-state index is 10.7. The third kappa shape index (κ3) is 3.43. The van der Waals surface area contributed by atoms with E-state index in [0.29, 0.717) is 0 Å². The van der Waals surface area contributed by atoms with Gasteiger partial charge >= 0.3 is 0 Å². The summed E-state index contributed by atoms with van der Waals surface area (Å²) < 4.78 is 1.00. The van der Waals surface area contributed by atoms with Crippen LogP contribution in [0.2, 0.25) is 0 Å². The van der Waals surface area contributed by atoms with Crippen molar-refractivity contribution in [2.45, 2.75) is 0 Å². The molecule has 0 saturated carbocycles. The molecular weight excluding hydrogens is 234 g/mol. The molecule has 0 aromatic heterocycles. The third-order valence-electron chi connectivity index (χ3n) is 1.46. The molecule has 0 saturated heterocycles. The summed E-state index contributed by atoms with van der Waals surface area (Å²) in [6.07, 6.45) is 0. The van der Waals surface area contributed by atoms with E-state index < -0.39 is 0 Å². The lowest BCUT2D eigenvalue weighted by Gasteiger charge is -2.04. The van der Waals surface area contributed by atoms with Gasteiger partial charge in [-0.1, -0.05) is 15.9 Å². The topological polar surface area (TPSA) is 67.1 Å². The van der Waals surface area contributed by atoms with Crippen molar-refractivity contribution < 1.29 is 4.79 Å². The average molecular weight is 244 g/mol. The Morgan fingerprint density at radius 2 is 2.00 bits per heavy atom. The SMILES string of the molecule is NNC(=O)CNc1ccc(Br)cc1. The first-order valence-electron chi connectivity index (χ1n) is 3.71. The van der Waals surface area contributed by atoms with Crippen LogP contribution in [0.5, 0.6) is 0 Å². The Kier molecular flexibility index (Phi) is 3.72. The summed E-state index contributed by atoms with van der Waals surface area (Å²) in [5, 5.41) is 2.91. The van der Waals surface area contributed by atoms with E-state index in [9.17, 15) is 4.79 Å². The van der Waals surface area contributed by atoms with Gasteiger partial charge in [-0.25, -0.2) is 5.84 Å². The van der Waals surface area contributed by atoms with Crippen LogP contribution in [0.25, 0.3) is 0 Å². The van der Waals surface area contributed by atoms with Crippen LogP contribution in [0, 0.1) is 0 Å². The molecule has 4 N–H and O–H groups in total. The van der Waals surface area contributed by atoms with Crippen molar-refractivity contribution in [1.29, 1.82) is 0 Å². The second kappa shape index (κ2) is 4.84. The molecule has 0 bridgehead atoms. The predicted octanol–water partition coefficient (Wildman–Crippen LogP) is 0.851. The van der Waals surface area contributed by atoms with Crippen LogP contribution in [0.1, 0.15) is 0 Å². The van der Waals surface area contributed by atoms with Crippen LogP contribution < -0.4 is 16.6 Å². The van der Waals surface area contributed by atoms with Gasteiger partial charge in [0.2, 0.25) is 0 Å². The van der Waals surface area contributed by atoms with E-state index in [1.54, 1.807) is 0 Å². The number of rotatable bonds is 3. The number of carbonyl (C=O) groups is 1. The van der Waals surface area contributed by atoms with Crippen molar-refractivity contribution in [2.24, 2.45) is 5.84 Å². The summed E-state index contributed by atoms with van der Waals surface area (Å²) in [6.45, 7) is 0.179. The molecule has 0 aliphatic carbocycles. The number of amides is 1. The number of carbonyl (C=O) groups excluding carboxylic acids is 1. The van der Waals surface area contributed by atoms with Crippen LogP contribution >= 0.6 is 15.9 Å². The zero-order valence-electron chi connectivity index (χ0n) is 6.88. The molecule has 0 fully saturated rings. The van der Waals surface area contributed by atoms with Crippen LogP contribution in [0.3, 0.4) is 0 Å². The van der Waals surface area contributed by atoms with E-state index >= 15 is 0 Å². The monoisotopic (exact) mass is 243 g/mol. The van der Waals surface area contributed by atoms with Crippen LogP contribution in [-0.4, -0.2) is 12.5 Å². The van der Waals surface area contributed by atoms with Gasteiger partial charge < -0.3 is 5.32 Å². The van der Waals surface area contributed by atoms with Gasteiger partial charge in [0.25, 0.3) is 5.91 Å². The first-order valence-corrected chi connectivity index (χ1v) is 4.50. The zero-order valence-corrected chi connectivity index (χ0v) is 8.47. The van der Waals surface area contributed by atoms with Crippen molar-refractivity contribution >= 4 is 27.5 Å². The quantitative estimate of drug-likeness (QED) is 0.419. The second-order valence-corrected chi connectivity index (χ2v) is 3.34. The molecule has 0 unspecified atom stereocenters. The Bertz CT molecular complexity index is 286. The van der Waals surface area contributed by atoms with Gasteiger partial charge in [-0.15, -0.1) is 0 Å². The fourth-order valence-corrected chi connectivity index (χ4v) is 1.07. The number of nitrogens with two attached hydrogens (primary N) is 1. The van der Waals surface area contributed by atoms with E-state index in [-0.39, 0.29) is 12.5 Å². The number of hydrogen-bond donors (Lipinski definition) is 3. The van der Waals surface area contributed by atoms with Crippen LogP contribution in [0.15, 0.2) is 28.7 Å². The van der Waals surface area contributed by atoms with Gasteiger partial charge in [0.1, 0.15) is 0 Å². The van der Waals surface area contributed by atoms with Crippen molar-refractivity contribution in [3.8, 4) is 0 Å². The third-order valence-corrected chi connectivity index (χ3v) is 1.99. The van der Waals surface area contributed by atoms with E-state index in [2.05, 4.69) is 21.2 Å². The Morgan fingerprint density at radius 3 is 2.54 bits per heavy atom. The minimum atomic E-state index is -0.247. The number of anilines is 1. The molecule has 4 nitrogen and oxygen atoms in total. The van der Waals surface area contributed by atoms with Gasteiger partial charge in [0.15, 0.2) is 0 Å². The highest BCUT2D eigenvalue weighted by Gasteiger charge is 1.96. The van der Waals surface area contributed by atoms with Gasteiger partial charge in [-0.05, 0) is 24.3 Å². The minimum Gasteiger partial charge on any atom is -0.376 e. The number of halogens is 1. The Labute approximate surface area is 84.6 Å². The molecule has 0 heterocycles. The molecule has 5 heteroatoms.